The van der Waals surface area contributed by atoms with Gasteiger partial charge in [-0.25, -0.2) is 9.18 Å². The highest BCUT2D eigenvalue weighted by molar-refractivity contribution is 5.76. The van der Waals surface area contributed by atoms with Gasteiger partial charge in [0.15, 0.2) is 0 Å². The lowest BCUT2D eigenvalue weighted by molar-refractivity contribution is 0.196. The Balaban J connectivity index is 2.05. The highest BCUT2D eigenvalue weighted by Crippen LogP contribution is 2.17. The number of likely N-dealkylation sites (N-methyl/N-ethyl adjacent to an activating group) is 1. The molecule has 2 amide bonds. The van der Waals surface area contributed by atoms with E-state index in [2.05, 4.69) is 0 Å². The molecule has 17 heavy (non-hydrogen) atoms. The Hall–Kier alpha value is -1.62. The number of carbonyl (C=O) groups excluding carboxylic acids is 1. The van der Waals surface area contributed by atoms with E-state index in [1.807, 2.05) is 0 Å². The normalized spacial score (nSPS) is 17.7. The summed E-state index contributed by atoms with van der Waals surface area (Å²) in [5.41, 5.74) is 6.38. The van der Waals surface area contributed by atoms with Crippen LogP contribution < -0.4 is 5.73 Å². The van der Waals surface area contributed by atoms with Crippen LogP contribution in [0.15, 0.2) is 24.3 Å². The van der Waals surface area contributed by atoms with E-state index >= 15 is 0 Å². The minimum Gasteiger partial charge on any atom is -0.326 e. The number of benzene rings is 1. The van der Waals surface area contributed by atoms with Crippen LogP contribution in [0.1, 0.15) is 11.6 Å². The zero-order chi connectivity index (χ0) is 12.4. The molecule has 2 rings (SSSR count). The molecule has 4 nitrogen and oxygen atoms in total. The van der Waals surface area contributed by atoms with E-state index < -0.39 is 6.04 Å². The number of rotatable bonds is 3. The summed E-state index contributed by atoms with van der Waals surface area (Å²) in [5, 5.41) is 0. The highest BCUT2D eigenvalue weighted by atomic mass is 19.1. The summed E-state index contributed by atoms with van der Waals surface area (Å²) in [6, 6.07) is 5.89. The van der Waals surface area contributed by atoms with Gasteiger partial charge in [0.1, 0.15) is 5.82 Å². The third kappa shape index (κ3) is 2.39. The van der Waals surface area contributed by atoms with Crippen molar-refractivity contribution in [3.05, 3.63) is 35.6 Å². The summed E-state index contributed by atoms with van der Waals surface area (Å²) in [6.45, 7) is 1.70. The van der Waals surface area contributed by atoms with Crippen LogP contribution in [-0.2, 0) is 0 Å². The first kappa shape index (κ1) is 11.9. The van der Waals surface area contributed by atoms with E-state index in [1.165, 1.54) is 6.07 Å². The monoisotopic (exact) mass is 237 g/mol. The molecule has 0 aromatic heterocycles. The summed E-state index contributed by atoms with van der Waals surface area (Å²) in [4.78, 5) is 14.9. The summed E-state index contributed by atoms with van der Waals surface area (Å²) in [7, 11) is 1.75. The Kier molecular flexibility index (Phi) is 3.28. The third-order valence-electron chi connectivity index (χ3n) is 3.02. The van der Waals surface area contributed by atoms with Gasteiger partial charge in [-0.2, -0.15) is 0 Å². The minimum absolute atomic E-state index is 0.0446. The molecule has 0 spiro atoms. The average Bonchev–Trinajstić information content (AvgIpc) is 2.61. The van der Waals surface area contributed by atoms with Crippen molar-refractivity contribution >= 4 is 6.03 Å². The molecule has 1 unspecified atom stereocenters. The molecule has 1 aromatic rings. The molecule has 1 heterocycles. The van der Waals surface area contributed by atoms with Gasteiger partial charge in [-0.15, -0.1) is 0 Å². The molecule has 0 aliphatic carbocycles. The molecule has 1 saturated heterocycles. The van der Waals surface area contributed by atoms with Gasteiger partial charge in [-0.3, -0.25) is 0 Å². The largest absolute Gasteiger partial charge is 0.326 e. The Bertz CT molecular complexity index is 424. The van der Waals surface area contributed by atoms with E-state index in [4.69, 9.17) is 5.73 Å². The lowest BCUT2D eigenvalue weighted by Gasteiger charge is -2.21. The highest BCUT2D eigenvalue weighted by Gasteiger charge is 2.27. The number of halogens is 1. The van der Waals surface area contributed by atoms with Gasteiger partial charge >= 0.3 is 6.03 Å². The number of urea groups is 1. The van der Waals surface area contributed by atoms with Crippen molar-refractivity contribution in [2.24, 2.45) is 5.73 Å². The zero-order valence-corrected chi connectivity index (χ0v) is 9.77. The second-order valence-electron chi connectivity index (χ2n) is 4.28. The summed E-state index contributed by atoms with van der Waals surface area (Å²) in [6.07, 6.45) is 0. The minimum atomic E-state index is -0.480. The third-order valence-corrected chi connectivity index (χ3v) is 3.02. The average molecular weight is 237 g/mol. The van der Waals surface area contributed by atoms with Crippen molar-refractivity contribution in [2.45, 2.75) is 6.04 Å². The lowest BCUT2D eigenvalue weighted by atomic mass is 10.1. The Morgan fingerprint density at radius 3 is 2.71 bits per heavy atom. The second kappa shape index (κ2) is 4.71. The molecule has 5 heteroatoms. The standard InChI is InChI=1S/C12H16FN3O/c1-15-6-7-16(12(15)17)8-11(14)9-4-2-3-5-10(9)13/h2-5,11H,6-8,14H2,1H3. The lowest BCUT2D eigenvalue weighted by Crippen LogP contribution is -2.35. The van der Waals surface area contributed by atoms with Gasteiger partial charge in [0.25, 0.3) is 0 Å². The molecule has 92 valence electrons. The van der Waals surface area contributed by atoms with Gasteiger partial charge < -0.3 is 15.5 Å². The predicted octanol–water partition coefficient (Wildman–Crippen LogP) is 1.19. The van der Waals surface area contributed by atoms with Crippen LogP contribution in [-0.4, -0.2) is 42.5 Å². The Labute approximate surface area is 99.8 Å². The SMILES string of the molecule is CN1CCN(CC(N)c2ccccc2F)C1=O. The molecule has 2 N–H and O–H groups in total. The van der Waals surface area contributed by atoms with Crippen molar-refractivity contribution in [2.75, 3.05) is 26.7 Å². The van der Waals surface area contributed by atoms with Crippen molar-refractivity contribution < 1.29 is 9.18 Å². The molecule has 1 atom stereocenters. The van der Waals surface area contributed by atoms with E-state index in [9.17, 15) is 9.18 Å². The van der Waals surface area contributed by atoms with Gasteiger partial charge in [-0.05, 0) is 6.07 Å². The summed E-state index contributed by atoms with van der Waals surface area (Å²) < 4.78 is 13.5. The number of nitrogens with two attached hydrogens (primary N) is 1. The number of hydrogen-bond acceptors (Lipinski definition) is 2. The first-order valence-electron chi connectivity index (χ1n) is 5.59. The van der Waals surface area contributed by atoms with Gasteiger partial charge in [0, 0.05) is 32.2 Å². The maximum Gasteiger partial charge on any atom is 0.319 e. The smallest absolute Gasteiger partial charge is 0.319 e. The van der Waals surface area contributed by atoms with Crippen LogP contribution in [0.5, 0.6) is 0 Å². The number of nitrogens with zero attached hydrogens (tertiary/aromatic N) is 2. The molecule has 0 radical (unpaired) electrons. The van der Waals surface area contributed by atoms with Gasteiger partial charge in [0.2, 0.25) is 0 Å². The maximum atomic E-state index is 13.5. The van der Waals surface area contributed by atoms with E-state index in [0.29, 0.717) is 25.2 Å². The second-order valence-corrected chi connectivity index (χ2v) is 4.28. The number of amides is 2. The molecule has 1 fully saturated rings. The fraction of sp³-hybridized carbons (Fsp3) is 0.417. The predicted molar refractivity (Wildman–Crippen MR) is 62.9 cm³/mol. The van der Waals surface area contributed by atoms with E-state index in [-0.39, 0.29) is 11.8 Å². The number of carbonyl (C=O) groups is 1. The molecular weight excluding hydrogens is 221 g/mol. The van der Waals surface area contributed by atoms with Gasteiger partial charge in [-0.1, -0.05) is 18.2 Å². The summed E-state index contributed by atoms with van der Waals surface area (Å²) >= 11 is 0. The van der Waals surface area contributed by atoms with Crippen molar-refractivity contribution in [3.63, 3.8) is 0 Å². The maximum absolute atomic E-state index is 13.5. The molecule has 0 saturated carbocycles. The van der Waals surface area contributed by atoms with Crippen molar-refractivity contribution in [3.8, 4) is 0 Å². The van der Waals surface area contributed by atoms with E-state index in [0.717, 1.165) is 0 Å². The van der Waals surface area contributed by atoms with Crippen LogP contribution in [0.4, 0.5) is 9.18 Å². The fourth-order valence-corrected chi connectivity index (χ4v) is 1.98. The van der Waals surface area contributed by atoms with Crippen molar-refractivity contribution in [1.29, 1.82) is 0 Å². The number of hydrogen-bond donors (Lipinski definition) is 1. The molecule has 1 aliphatic rings. The van der Waals surface area contributed by atoms with Crippen LogP contribution in [0, 0.1) is 5.82 Å². The Morgan fingerprint density at radius 1 is 1.41 bits per heavy atom. The van der Waals surface area contributed by atoms with Crippen LogP contribution >= 0.6 is 0 Å². The van der Waals surface area contributed by atoms with Gasteiger partial charge in [0.05, 0.1) is 6.04 Å². The fourth-order valence-electron chi connectivity index (χ4n) is 1.98. The molecule has 1 aromatic carbocycles. The topological polar surface area (TPSA) is 49.6 Å². The quantitative estimate of drug-likeness (QED) is 0.858. The molecule has 0 bridgehead atoms. The summed E-state index contributed by atoms with van der Waals surface area (Å²) in [5.74, 6) is -0.319. The van der Waals surface area contributed by atoms with E-state index in [1.54, 1.807) is 35.0 Å². The Morgan fingerprint density at radius 2 is 2.12 bits per heavy atom. The molecule has 1 aliphatic heterocycles. The first-order valence-corrected chi connectivity index (χ1v) is 5.59. The van der Waals surface area contributed by atoms with Crippen LogP contribution in [0.3, 0.4) is 0 Å². The first-order chi connectivity index (χ1) is 8.09. The molecular formula is C12H16FN3O. The van der Waals surface area contributed by atoms with Crippen LogP contribution in [0.25, 0.3) is 0 Å². The van der Waals surface area contributed by atoms with Crippen LogP contribution in [0.2, 0.25) is 0 Å². The zero-order valence-electron chi connectivity index (χ0n) is 9.77. The van der Waals surface area contributed by atoms with Crippen molar-refractivity contribution in [1.82, 2.24) is 9.80 Å².